The third-order valence-electron chi connectivity index (χ3n) is 2.86. The molecule has 2 nitrogen and oxygen atoms in total. The van der Waals surface area contributed by atoms with Crippen molar-refractivity contribution in [3.8, 4) is 0 Å². The van der Waals surface area contributed by atoms with E-state index in [9.17, 15) is 4.79 Å². The van der Waals surface area contributed by atoms with E-state index < -0.39 is 0 Å². The number of hydrogen-bond donors (Lipinski definition) is 0. The number of halogens is 2. The van der Waals surface area contributed by atoms with E-state index in [4.69, 9.17) is 0 Å². The van der Waals surface area contributed by atoms with Gasteiger partial charge in [0, 0.05) is 24.4 Å². The molecule has 2 aromatic rings. The SMILES string of the molecule is CC(C)(C)c1csc(CC(=O)c2cc(Br)ccc2I)n1. The van der Waals surface area contributed by atoms with Gasteiger partial charge in [0.25, 0.3) is 0 Å². The van der Waals surface area contributed by atoms with E-state index in [1.807, 2.05) is 18.2 Å². The predicted octanol–water partition coefficient (Wildman–Crippen LogP) is 5.23. The molecule has 5 heteroatoms. The third kappa shape index (κ3) is 3.89. The van der Waals surface area contributed by atoms with Crippen molar-refractivity contribution in [1.29, 1.82) is 0 Å². The summed E-state index contributed by atoms with van der Waals surface area (Å²) in [6.45, 7) is 6.39. The van der Waals surface area contributed by atoms with Crippen molar-refractivity contribution in [2.24, 2.45) is 0 Å². The van der Waals surface area contributed by atoms with Crippen molar-refractivity contribution in [2.45, 2.75) is 32.6 Å². The summed E-state index contributed by atoms with van der Waals surface area (Å²) in [5, 5.41) is 2.93. The number of ketones is 1. The Hall–Kier alpha value is -0.270. The van der Waals surface area contributed by atoms with Gasteiger partial charge in [-0.2, -0.15) is 0 Å². The summed E-state index contributed by atoms with van der Waals surface area (Å²) >= 11 is 7.17. The number of Topliss-reactive ketones (excluding diaryl/α,β-unsaturated/α-hetero) is 1. The first-order valence-electron chi connectivity index (χ1n) is 6.20. The lowest BCUT2D eigenvalue weighted by Crippen LogP contribution is -2.12. The summed E-state index contributed by atoms with van der Waals surface area (Å²) in [4.78, 5) is 17.0. The van der Waals surface area contributed by atoms with Gasteiger partial charge in [0.1, 0.15) is 5.01 Å². The Bertz CT molecular complexity index is 646. The molecule has 0 aliphatic carbocycles. The molecule has 0 saturated heterocycles. The molecule has 106 valence electrons. The van der Waals surface area contributed by atoms with Gasteiger partial charge in [-0.05, 0) is 40.8 Å². The Morgan fingerprint density at radius 1 is 1.40 bits per heavy atom. The van der Waals surface area contributed by atoms with Crippen LogP contribution in [0.1, 0.15) is 41.8 Å². The molecule has 0 saturated carbocycles. The lowest BCUT2D eigenvalue weighted by Gasteiger charge is -2.14. The van der Waals surface area contributed by atoms with Crippen LogP contribution in [0.3, 0.4) is 0 Å². The molecule has 1 aromatic heterocycles. The fourth-order valence-corrected chi connectivity index (χ4v) is 3.70. The number of carbonyl (C=O) groups is 1. The largest absolute Gasteiger partial charge is 0.294 e. The van der Waals surface area contributed by atoms with Crippen LogP contribution < -0.4 is 0 Å². The molecule has 0 aliphatic heterocycles. The van der Waals surface area contributed by atoms with Crippen LogP contribution in [0.2, 0.25) is 0 Å². The first-order chi connectivity index (χ1) is 9.27. The fourth-order valence-electron chi connectivity index (χ4n) is 1.68. The molecular weight excluding hydrogens is 449 g/mol. The Labute approximate surface area is 145 Å². The average Bonchev–Trinajstić information content (AvgIpc) is 2.80. The highest BCUT2D eigenvalue weighted by Gasteiger charge is 2.19. The van der Waals surface area contributed by atoms with Crippen LogP contribution >= 0.6 is 49.9 Å². The van der Waals surface area contributed by atoms with Gasteiger partial charge in [-0.3, -0.25) is 4.79 Å². The minimum Gasteiger partial charge on any atom is -0.294 e. The molecular formula is C15H15BrINOS. The average molecular weight is 464 g/mol. The topological polar surface area (TPSA) is 30.0 Å². The fraction of sp³-hybridized carbons (Fsp3) is 0.333. The Balaban J connectivity index is 2.20. The summed E-state index contributed by atoms with van der Waals surface area (Å²) in [7, 11) is 0. The van der Waals surface area contributed by atoms with Gasteiger partial charge >= 0.3 is 0 Å². The molecule has 0 amide bonds. The Morgan fingerprint density at radius 2 is 2.10 bits per heavy atom. The van der Waals surface area contributed by atoms with Crippen molar-refractivity contribution in [2.75, 3.05) is 0 Å². The van der Waals surface area contributed by atoms with E-state index in [2.05, 4.69) is 69.7 Å². The van der Waals surface area contributed by atoms with Crippen LogP contribution in [0.5, 0.6) is 0 Å². The molecule has 0 radical (unpaired) electrons. The number of benzene rings is 1. The van der Waals surface area contributed by atoms with Crippen LogP contribution in [-0.4, -0.2) is 10.8 Å². The van der Waals surface area contributed by atoms with Crippen molar-refractivity contribution in [3.05, 3.63) is 47.9 Å². The number of thiazole rings is 1. The van der Waals surface area contributed by atoms with Gasteiger partial charge in [0.15, 0.2) is 5.78 Å². The van der Waals surface area contributed by atoms with Gasteiger partial charge < -0.3 is 0 Å². The van der Waals surface area contributed by atoms with Crippen LogP contribution in [0.25, 0.3) is 0 Å². The van der Waals surface area contributed by atoms with Crippen molar-refractivity contribution >= 4 is 55.6 Å². The summed E-state index contributed by atoms with van der Waals surface area (Å²) < 4.78 is 1.90. The maximum Gasteiger partial charge on any atom is 0.170 e. The summed E-state index contributed by atoms with van der Waals surface area (Å²) in [6.07, 6.45) is 0.368. The summed E-state index contributed by atoms with van der Waals surface area (Å²) in [6, 6.07) is 5.77. The molecule has 0 bridgehead atoms. The maximum absolute atomic E-state index is 12.4. The Morgan fingerprint density at radius 3 is 2.70 bits per heavy atom. The van der Waals surface area contributed by atoms with Crippen molar-refractivity contribution in [3.63, 3.8) is 0 Å². The normalized spacial score (nSPS) is 11.7. The zero-order valence-electron chi connectivity index (χ0n) is 11.5. The molecule has 0 aliphatic rings. The second kappa shape index (κ2) is 6.23. The second-order valence-electron chi connectivity index (χ2n) is 5.60. The van der Waals surface area contributed by atoms with Crippen LogP contribution in [0, 0.1) is 3.57 Å². The Kier molecular flexibility index (Phi) is 5.02. The van der Waals surface area contributed by atoms with Gasteiger partial charge in [-0.25, -0.2) is 4.98 Å². The monoisotopic (exact) mass is 463 g/mol. The molecule has 1 heterocycles. The van der Waals surface area contributed by atoms with E-state index in [0.717, 1.165) is 24.3 Å². The molecule has 20 heavy (non-hydrogen) atoms. The van der Waals surface area contributed by atoms with E-state index >= 15 is 0 Å². The number of aromatic nitrogens is 1. The minimum absolute atomic E-state index is 0.0298. The van der Waals surface area contributed by atoms with Gasteiger partial charge in [0.2, 0.25) is 0 Å². The second-order valence-corrected chi connectivity index (χ2v) is 8.62. The molecule has 1 aromatic carbocycles. The van der Waals surface area contributed by atoms with Gasteiger partial charge in [-0.1, -0.05) is 36.7 Å². The molecule has 0 fully saturated rings. The zero-order valence-corrected chi connectivity index (χ0v) is 16.1. The highest BCUT2D eigenvalue weighted by molar-refractivity contribution is 14.1. The molecule has 0 spiro atoms. The minimum atomic E-state index is 0.0298. The first-order valence-corrected chi connectivity index (χ1v) is 8.95. The van der Waals surface area contributed by atoms with Crippen molar-refractivity contribution < 1.29 is 4.79 Å². The first kappa shape index (κ1) is 16.1. The quantitative estimate of drug-likeness (QED) is 0.460. The van der Waals surface area contributed by atoms with E-state index in [1.54, 1.807) is 11.3 Å². The smallest absolute Gasteiger partial charge is 0.170 e. The van der Waals surface area contributed by atoms with Crippen LogP contribution in [-0.2, 0) is 11.8 Å². The summed E-state index contributed by atoms with van der Waals surface area (Å²) in [5.74, 6) is 0.116. The zero-order chi connectivity index (χ0) is 14.9. The highest BCUT2D eigenvalue weighted by Crippen LogP contribution is 2.25. The lowest BCUT2D eigenvalue weighted by atomic mass is 9.93. The highest BCUT2D eigenvalue weighted by atomic mass is 127. The standard InChI is InChI=1S/C15H15BrINOS/c1-15(2,3)13-8-20-14(18-13)7-12(19)10-6-9(16)4-5-11(10)17/h4-6,8H,7H2,1-3H3. The molecule has 0 atom stereocenters. The molecule has 0 unspecified atom stereocenters. The molecule has 0 N–H and O–H groups in total. The van der Waals surface area contributed by atoms with Gasteiger partial charge in [-0.15, -0.1) is 11.3 Å². The number of hydrogen-bond acceptors (Lipinski definition) is 3. The van der Waals surface area contributed by atoms with Gasteiger partial charge in [0.05, 0.1) is 12.1 Å². The van der Waals surface area contributed by atoms with E-state index in [0.29, 0.717) is 6.42 Å². The third-order valence-corrected chi connectivity index (χ3v) is 5.14. The van der Waals surface area contributed by atoms with Crippen LogP contribution in [0.15, 0.2) is 28.1 Å². The summed E-state index contributed by atoms with van der Waals surface area (Å²) in [5.41, 5.74) is 1.84. The van der Waals surface area contributed by atoms with Crippen LogP contribution in [0.4, 0.5) is 0 Å². The number of rotatable bonds is 3. The number of carbonyl (C=O) groups excluding carboxylic acids is 1. The van der Waals surface area contributed by atoms with E-state index in [-0.39, 0.29) is 11.2 Å². The predicted molar refractivity (Wildman–Crippen MR) is 95.7 cm³/mol. The lowest BCUT2D eigenvalue weighted by molar-refractivity contribution is 0.0992. The van der Waals surface area contributed by atoms with E-state index in [1.165, 1.54) is 0 Å². The molecule has 2 rings (SSSR count). The number of nitrogens with zero attached hydrogens (tertiary/aromatic N) is 1. The maximum atomic E-state index is 12.4. The van der Waals surface area contributed by atoms with Crippen molar-refractivity contribution in [1.82, 2.24) is 4.98 Å².